The first-order chi connectivity index (χ1) is 21.5. The van der Waals surface area contributed by atoms with Gasteiger partial charge < -0.3 is 23.7 Å². The summed E-state index contributed by atoms with van der Waals surface area (Å²) in [5.74, 6) is -0.349. The molecule has 3 aromatic heterocycles. The van der Waals surface area contributed by atoms with Crippen LogP contribution in [0, 0.1) is 11.8 Å². The molecule has 0 aliphatic rings. The number of nitrogens with zero attached hydrogens (tertiary/aromatic N) is 1. The van der Waals surface area contributed by atoms with E-state index in [-0.39, 0.29) is 36.1 Å². The summed E-state index contributed by atoms with van der Waals surface area (Å²) in [5.41, 5.74) is 1.12. The van der Waals surface area contributed by atoms with Gasteiger partial charge in [0, 0.05) is 52.1 Å². The second kappa shape index (κ2) is 13.4. The van der Waals surface area contributed by atoms with Crippen molar-refractivity contribution in [2.24, 2.45) is 11.8 Å². The number of benzene rings is 2. The fourth-order valence-corrected chi connectivity index (χ4v) is 6.91. The molecule has 0 radical (unpaired) electrons. The van der Waals surface area contributed by atoms with Gasteiger partial charge in [-0.25, -0.2) is 4.98 Å². The molecule has 2 atom stereocenters. The number of ether oxygens (including phenoxy) is 3. The van der Waals surface area contributed by atoms with Crippen molar-refractivity contribution in [1.82, 2.24) is 4.98 Å². The number of carbonyl (C=O) groups excluding carboxylic acids is 3. The first-order valence-corrected chi connectivity index (χ1v) is 16.1. The topological polar surface area (TPSA) is 142 Å². The van der Waals surface area contributed by atoms with Gasteiger partial charge in [-0.15, -0.1) is 22.7 Å². The molecule has 12 heteroatoms. The van der Waals surface area contributed by atoms with Crippen LogP contribution in [0.3, 0.4) is 0 Å². The van der Waals surface area contributed by atoms with E-state index < -0.39 is 11.9 Å². The molecular weight excluding hydrogens is 618 g/mol. The Bertz CT molecular complexity index is 1930. The third-order valence-electron chi connectivity index (χ3n) is 7.64. The average molecular weight is 652 g/mol. The van der Waals surface area contributed by atoms with Gasteiger partial charge >= 0.3 is 5.97 Å². The smallest absolute Gasteiger partial charge is 0.306 e. The highest BCUT2D eigenvalue weighted by atomic mass is 32.1. The van der Waals surface area contributed by atoms with Crippen molar-refractivity contribution in [1.29, 1.82) is 0 Å². The second-order valence-corrected chi connectivity index (χ2v) is 13.2. The van der Waals surface area contributed by atoms with E-state index in [9.17, 15) is 19.2 Å². The molecule has 0 spiro atoms. The van der Waals surface area contributed by atoms with Crippen LogP contribution in [0.1, 0.15) is 65.3 Å². The molecule has 5 rings (SSSR count). The number of hydrogen-bond donors (Lipinski definition) is 1. The zero-order chi connectivity index (χ0) is 32.4. The van der Waals surface area contributed by atoms with Crippen molar-refractivity contribution >= 4 is 77.3 Å². The lowest BCUT2D eigenvalue weighted by atomic mass is 10.00. The van der Waals surface area contributed by atoms with Crippen molar-refractivity contribution in [2.75, 3.05) is 20.8 Å². The first kappa shape index (κ1) is 32.1. The number of carboxylic acid groups (broad SMARTS) is 1. The van der Waals surface area contributed by atoms with Gasteiger partial charge in [0.05, 0.1) is 36.5 Å². The number of aliphatic carboxylic acids is 1. The van der Waals surface area contributed by atoms with Crippen LogP contribution in [-0.2, 0) is 16.0 Å². The highest BCUT2D eigenvalue weighted by Crippen LogP contribution is 2.40. The molecule has 1 N–H and O–H groups in total. The lowest BCUT2D eigenvalue weighted by Crippen LogP contribution is -2.13. The minimum Gasteiger partial charge on any atom is -0.493 e. The molecule has 0 amide bonds. The Balaban J connectivity index is 1.29. The maximum atomic E-state index is 12.9. The fraction of sp³-hybridized carbons (Fsp3) is 0.364. The Morgan fingerprint density at radius 1 is 0.867 bits per heavy atom. The van der Waals surface area contributed by atoms with Crippen LogP contribution in [0.2, 0.25) is 0 Å². The van der Waals surface area contributed by atoms with Crippen LogP contribution < -0.4 is 14.2 Å². The van der Waals surface area contributed by atoms with Gasteiger partial charge in [-0.1, -0.05) is 13.8 Å². The van der Waals surface area contributed by atoms with E-state index in [1.54, 1.807) is 33.3 Å². The van der Waals surface area contributed by atoms with Crippen LogP contribution in [0.5, 0.6) is 17.2 Å². The van der Waals surface area contributed by atoms with Crippen LogP contribution in [0.15, 0.2) is 34.7 Å². The van der Waals surface area contributed by atoms with Crippen molar-refractivity contribution in [3.05, 3.63) is 46.0 Å². The Hall–Kier alpha value is -4.29. The second-order valence-electron chi connectivity index (χ2n) is 11.0. The molecule has 0 saturated heterocycles. The molecule has 5 aromatic rings. The zero-order valence-electron chi connectivity index (χ0n) is 25.6. The predicted molar refractivity (Wildman–Crippen MR) is 173 cm³/mol. The van der Waals surface area contributed by atoms with Crippen molar-refractivity contribution in [3.8, 4) is 17.2 Å². The molecule has 0 unspecified atom stereocenters. The number of aryl methyl sites for hydroxylation is 1. The number of oxazole rings is 1. The van der Waals surface area contributed by atoms with Crippen LogP contribution in [-0.4, -0.2) is 54.2 Å². The van der Waals surface area contributed by atoms with Gasteiger partial charge in [0.15, 0.2) is 40.3 Å². The van der Waals surface area contributed by atoms with Crippen LogP contribution >= 0.6 is 22.7 Å². The number of carbonyl (C=O) groups is 4. The van der Waals surface area contributed by atoms with Crippen LogP contribution in [0.4, 0.5) is 0 Å². The fourth-order valence-electron chi connectivity index (χ4n) is 4.84. The molecule has 45 heavy (non-hydrogen) atoms. The Morgan fingerprint density at radius 2 is 1.51 bits per heavy atom. The zero-order valence-corrected chi connectivity index (χ0v) is 27.2. The largest absolute Gasteiger partial charge is 0.493 e. The summed E-state index contributed by atoms with van der Waals surface area (Å²) in [5, 5.41) is 10.8. The van der Waals surface area contributed by atoms with E-state index in [0.29, 0.717) is 63.4 Å². The van der Waals surface area contributed by atoms with Gasteiger partial charge in [0.25, 0.3) is 0 Å². The summed E-state index contributed by atoms with van der Waals surface area (Å²) in [4.78, 5) is 54.1. The Labute approximate surface area is 266 Å². The van der Waals surface area contributed by atoms with Gasteiger partial charge in [-0.2, -0.15) is 0 Å². The molecule has 3 heterocycles. The summed E-state index contributed by atoms with van der Waals surface area (Å²) in [6.07, 6.45) is 1.15. The molecule has 0 aliphatic carbocycles. The quantitative estimate of drug-likeness (QED) is 0.0900. The predicted octanol–water partition coefficient (Wildman–Crippen LogP) is 7.38. The molecule has 0 aliphatic heterocycles. The highest BCUT2D eigenvalue weighted by Gasteiger charge is 2.22. The van der Waals surface area contributed by atoms with Crippen molar-refractivity contribution in [3.63, 3.8) is 0 Å². The average Bonchev–Trinajstić information content (AvgIpc) is 3.74. The van der Waals surface area contributed by atoms with Crippen molar-refractivity contribution in [2.45, 2.75) is 46.5 Å². The van der Waals surface area contributed by atoms with Gasteiger partial charge in [0.1, 0.15) is 11.3 Å². The molecular formula is C33H33NO9S2. The number of fused-ring (bicyclic) bond motifs is 4. The summed E-state index contributed by atoms with van der Waals surface area (Å²) in [6, 6.07) is 9.03. The van der Waals surface area contributed by atoms with Gasteiger partial charge in [0.2, 0.25) is 0 Å². The standard InChI is InChI=1S/C33H33NO9S2/c1-16(18(3)35)9-21(36)29-13-20-27(45-29)15-25(41-5)32-31(20)34-30(43-32)7-6-8-42-24-14-26-19(11-23(24)40-4)12-28(44-26)22(37)10-17(2)33(38)39/h11-17H,6-10H2,1-5H3,(H,38,39)/t16-,17-/m0/s1. The lowest BCUT2D eigenvalue weighted by Gasteiger charge is -2.10. The van der Waals surface area contributed by atoms with E-state index in [1.165, 1.54) is 36.5 Å². The SMILES string of the molecule is COc1cc2cc(C(=O)C[C@H](C)C(=O)O)sc2cc1OCCCc1nc2c(o1)c(OC)cc1sc(C(=O)C[C@H](C)C(C)=O)cc12. The number of aromatic nitrogens is 1. The minimum absolute atomic E-state index is 0.0190. The Kier molecular flexibility index (Phi) is 9.54. The van der Waals surface area contributed by atoms with E-state index in [4.69, 9.17) is 28.7 Å². The number of thiophene rings is 2. The Morgan fingerprint density at radius 3 is 2.18 bits per heavy atom. The number of hydrogen-bond acceptors (Lipinski definition) is 11. The van der Waals surface area contributed by atoms with E-state index >= 15 is 0 Å². The van der Waals surface area contributed by atoms with E-state index in [2.05, 4.69) is 0 Å². The van der Waals surface area contributed by atoms with E-state index in [1.807, 2.05) is 18.2 Å². The van der Waals surface area contributed by atoms with Gasteiger partial charge in [-0.3, -0.25) is 19.2 Å². The van der Waals surface area contributed by atoms with Crippen LogP contribution in [0.25, 0.3) is 31.3 Å². The molecule has 2 aromatic carbocycles. The lowest BCUT2D eigenvalue weighted by molar-refractivity contribution is -0.141. The minimum atomic E-state index is -1.00. The van der Waals surface area contributed by atoms with Crippen molar-refractivity contribution < 1.29 is 42.9 Å². The normalized spacial score (nSPS) is 12.8. The number of carboxylic acids is 1. The molecule has 10 nitrogen and oxygen atoms in total. The number of rotatable bonds is 15. The molecule has 0 saturated carbocycles. The third kappa shape index (κ3) is 6.86. The summed E-state index contributed by atoms with van der Waals surface area (Å²) < 4.78 is 24.9. The summed E-state index contributed by atoms with van der Waals surface area (Å²) in [7, 11) is 3.10. The number of methoxy groups -OCH3 is 2. The molecule has 0 bridgehead atoms. The van der Waals surface area contributed by atoms with E-state index in [0.717, 1.165) is 20.2 Å². The number of ketones is 3. The summed E-state index contributed by atoms with van der Waals surface area (Å²) in [6.45, 7) is 5.10. The first-order valence-electron chi connectivity index (χ1n) is 14.4. The maximum Gasteiger partial charge on any atom is 0.306 e. The third-order valence-corrected chi connectivity index (χ3v) is 9.90. The maximum absolute atomic E-state index is 12.9. The summed E-state index contributed by atoms with van der Waals surface area (Å²) >= 11 is 2.64. The molecule has 236 valence electrons. The molecule has 0 fully saturated rings. The highest BCUT2D eigenvalue weighted by molar-refractivity contribution is 7.21. The number of Topliss-reactive ketones (excluding diaryl/α,β-unsaturated/α-hetero) is 3. The van der Waals surface area contributed by atoms with Gasteiger partial charge in [-0.05, 0) is 36.9 Å². The monoisotopic (exact) mass is 651 g/mol.